The zero-order valence-electron chi connectivity index (χ0n) is 14.9. The molecular formula is C17H26N4O3S. The molecule has 1 spiro atoms. The monoisotopic (exact) mass is 366 g/mol. The van der Waals surface area contributed by atoms with Crippen LogP contribution in [-0.2, 0) is 11.2 Å². The Balaban J connectivity index is 1.65. The van der Waals surface area contributed by atoms with E-state index in [4.69, 9.17) is 0 Å². The predicted octanol–water partition coefficient (Wildman–Crippen LogP) is 1.89. The molecule has 2 saturated heterocycles. The maximum atomic E-state index is 12.7. The van der Waals surface area contributed by atoms with Crippen LogP contribution in [0, 0.1) is 5.41 Å². The first-order chi connectivity index (χ1) is 12.0. The second-order valence-electron chi connectivity index (χ2n) is 7.22. The van der Waals surface area contributed by atoms with Gasteiger partial charge < -0.3 is 10.0 Å². The minimum atomic E-state index is -0.716. The molecule has 7 nitrogen and oxygen atoms in total. The van der Waals surface area contributed by atoms with E-state index in [0.29, 0.717) is 30.8 Å². The first kappa shape index (κ1) is 18.3. The van der Waals surface area contributed by atoms with E-state index in [1.165, 1.54) is 11.5 Å². The van der Waals surface area contributed by atoms with Crippen LogP contribution in [0.25, 0.3) is 0 Å². The molecule has 0 bridgehead atoms. The highest BCUT2D eigenvalue weighted by atomic mass is 32.1. The predicted molar refractivity (Wildman–Crippen MR) is 94.8 cm³/mol. The van der Waals surface area contributed by atoms with Gasteiger partial charge in [-0.3, -0.25) is 14.5 Å². The van der Waals surface area contributed by atoms with Gasteiger partial charge in [-0.1, -0.05) is 18.3 Å². The summed E-state index contributed by atoms with van der Waals surface area (Å²) in [4.78, 5) is 29.0. The highest BCUT2D eigenvalue weighted by Gasteiger charge is 2.48. The van der Waals surface area contributed by atoms with Crippen molar-refractivity contribution in [3.8, 4) is 0 Å². The van der Waals surface area contributed by atoms with Crippen molar-refractivity contribution in [1.82, 2.24) is 19.4 Å². The first-order valence-electron chi connectivity index (χ1n) is 9.07. The number of carboxylic acid groups (broad SMARTS) is 1. The quantitative estimate of drug-likeness (QED) is 0.856. The van der Waals surface area contributed by atoms with Crippen LogP contribution in [0.15, 0.2) is 0 Å². The second kappa shape index (κ2) is 7.37. The van der Waals surface area contributed by atoms with Crippen LogP contribution in [0.1, 0.15) is 54.9 Å². The number of carbonyl (C=O) groups excluding carboxylic acids is 1. The minimum Gasteiger partial charge on any atom is -0.480 e. The number of rotatable bonds is 5. The van der Waals surface area contributed by atoms with Crippen molar-refractivity contribution >= 4 is 23.4 Å². The molecule has 0 radical (unpaired) electrons. The summed E-state index contributed by atoms with van der Waals surface area (Å²) in [6.07, 6.45) is 4.11. The molecule has 1 N–H and O–H groups in total. The van der Waals surface area contributed by atoms with Gasteiger partial charge in [-0.05, 0) is 55.6 Å². The number of aromatic nitrogens is 2. The van der Waals surface area contributed by atoms with Gasteiger partial charge in [-0.25, -0.2) is 0 Å². The molecule has 1 aromatic rings. The van der Waals surface area contributed by atoms with Crippen LogP contribution in [0.2, 0.25) is 0 Å². The number of hydrogen-bond acceptors (Lipinski definition) is 6. The molecule has 1 atom stereocenters. The molecule has 1 aromatic heterocycles. The van der Waals surface area contributed by atoms with Gasteiger partial charge in [0.2, 0.25) is 0 Å². The Bertz CT molecular complexity index is 640. The van der Waals surface area contributed by atoms with E-state index in [9.17, 15) is 14.7 Å². The van der Waals surface area contributed by atoms with Gasteiger partial charge >= 0.3 is 5.97 Å². The van der Waals surface area contributed by atoms with Crippen LogP contribution in [-0.4, -0.2) is 68.6 Å². The Kier molecular flexibility index (Phi) is 5.38. The van der Waals surface area contributed by atoms with Crippen molar-refractivity contribution in [2.24, 2.45) is 5.41 Å². The van der Waals surface area contributed by atoms with Gasteiger partial charge in [-0.15, -0.1) is 5.10 Å². The van der Waals surface area contributed by atoms with Crippen molar-refractivity contribution in [2.75, 3.05) is 26.2 Å². The summed E-state index contributed by atoms with van der Waals surface area (Å²) in [5.41, 5.74) is 0.811. The standard InChI is InChI=1S/C17H26N4O3S/c1-3-7-21-11-17(10-13(21)16(23)24)5-8-20(9-6-17)15(22)14-12(4-2)18-19-25-14/h13H,3-11H2,1-2H3,(H,23,24). The van der Waals surface area contributed by atoms with Crippen LogP contribution in [0.3, 0.4) is 0 Å². The summed E-state index contributed by atoms with van der Waals surface area (Å²) in [5.74, 6) is -0.688. The summed E-state index contributed by atoms with van der Waals surface area (Å²) in [6.45, 7) is 7.10. The van der Waals surface area contributed by atoms with Gasteiger partial charge in [0, 0.05) is 19.6 Å². The zero-order valence-corrected chi connectivity index (χ0v) is 15.7. The van der Waals surface area contributed by atoms with Gasteiger partial charge in [0.25, 0.3) is 5.91 Å². The molecule has 1 amide bonds. The third-order valence-electron chi connectivity index (χ3n) is 5.60. The minimum absolute atomic E-state index is 0.0277. The van der Waals surface area contributed by atoms with E-state index in [2.05, 4.69) is 21.4 Å². The van der Waals surface area contributed by atoms with Gasteiger partial charge in [-0.2, -0.15) is 0 Å². The van der Waals surface area contributed by atoms with Gasteiger partial charge in [0.15, 0.2) is 0 Å². The molecule has 1 unspecified atom stereocenters. The Morgan fingerprint density at radius 1 is 1.32 bits per heavy atom. The van der Waals surface area contributed by atoms with Crippen molar-refractivity contribution in [1.29, 1.82) is 0 Å². The lowest BCUT2D eigenvalue weighted by Gasteiger charge is -2.39. The molecule has 8 heteroatoms. The number of aryl methyl sites for hydroxylation is 1. The fourth-order valence-electron chi connectivity index (χ4n) is 4.20. The average Bonchev–Trinajstić information content (AvgIpc) is 3.20. The highest BCUT2D eigenvalue weighted by molar-refractivity contribution is 7.08. The number of carbonyl (C=O) groups is 2. The molecule has 25 heavy (non-hydrogen) atoms. The lowest BCUT2D eigenvalue weighted by atomic mass is 9.76. The Morgan fingerprint density at radius 2 is 2.04 bits per heavy atom. The molecule has 138 valence electrons. The third kappa shape index (κ3) is 3.55. The molecule has 2 aliphatic heterocycles. The zero-order chi connectivity index (χ0) is 18.0. The fraction of sp³-hybridized carbons (Fsp3) is 0.765. The SMILES string of the molecule is CCCN1CC2(CCN(C(=O)c3snnc3CC)CC2)CC1C(=O)O. The summed E-state index contributed by atoms with van der Waals surface area (Å²) < 4.78 is 3.91. The molecular weight excluding hydrogens is 340 g/mol. The van der Waals surface area contributed by atoms with Crippen molar-refractivity contribution in [3.63, 3.8) is 0 Å². The summed E-state index contributed by atoms with van der Waals surface area (Å²) >= 11 is 1.17. The van der Waals surface area contributed by atoms with Crippen LogP contribution in [0.4, 0.5) is 0 Å². The van der Waals surface area contributed by atoms with Crippen molar-refractivity contribution in [2.45, 2.75) is 52.0 Å². The van der Waals surface area contributed by atoms with Crippen LogP contribution < -0.4 is 0 Å². The molecule has 2 fully saturated rings. The molecule has 0 aliphatic carbocycles. The molecule has 2 aliphatic rings. The Morgan fingerprint density at radius 3 is 2.64 bits per heavy atom. The average molecular weight is 366 g/mol. The van der Waals surface area contributed by atoms with Gasteiger partial charge in [0.1, 0.15) is 10.9 Å². The summed E-state index contributed by atoms with van der Waals surface area (Å²) in [5, 5.41) is 13.6. The topological polar surface area (TPSA) is 86.6 Å². The van der Waals surface area contributed by atoms with E-state index in [1.54, 1.807) is 0 Å². The number of aliphatic carboxylic acids is 1. The Labute approximate surface area is 152 Å². The number of carboxylic acids is 1. The van der Waals surface area contributed by atoms with Crippen molar-refractivity contribution in [3.05, 3.63) is 10.6 Å². The van der Waals surface area contributed by atoms with E-state index >= 15 is 0 Å². The molecule has 3 rings (SSSR count). The van der Waals surface area contributed by atoms with Crippen molar-refractivity contribution < 1.29 is 14.7 Å². The molecule has 0 aromatic carbocycles. The lowest BCUT2D eigenvalue weighted by Crippen LogP contribution is -2.44. The summed E-state index contributed by atoms with van der Waals surface area (Å²) in [7, 11) is 0. The lowest BCUT2D eigenvalue weighted by molar-refractivity contribution is -0.142. The number of likely N-dealkylation sites (tertiary alicyclic amines) is 2. The maximum absolute atomic E-state index is 12.7. The maximum Gasteiger partial charge on any atom is 0.320 e. The largest absolute Gasteiger partial charge is 0.480 e. The Hall–Kier alpha value is -1.54. The number of nitrogens with zero attached hydrogens (tertiary/aromatic N) is 4. The normalized spacial score (nSPS) is 23.3. The van der Waals surface area contributed by atoms with E-state index in [0.717, 1.165) is 38.0 Å². The van der Waals surface area contributed by atoms with Crippen LogP contribution >= 0.6 is 11.5 Å². The summed E-state index contributed by atoms with van der Waals surface area (Å²) in [6, 6.07) is -0.375. The highest BCUT2D eigenvalue weighted by Crippen LogP contribution is 2.43. The van der Waals surface area contributed by atoms with E-state index in [1.807, 2.05) is 11.8 Å². The van der Waals surface area contributed by atoms with E-state index < -0.39 is 5.97 Å². The third-order valence-corrected chi connectivity index (χ3v) is 6.35. The fourth-order valence-corrected chi connectivity index (χ4v) is 4.92. The van der Waals surface area contributed by atoms with Crippen LogP contribution in [0.5, 0.6) is 0 Å². The second-order valence-corrected chi connectivity index (χ2v) is 7.98. The number of amides is 1. The number of piperidine rings is 1. The first-order valence-corrected chi connectivity index (χ1v) is 9.84. The number of hydrogen-bond donors (Lipinski definition) is 1. The van der Waals surface area contributed by atoms with Gasteiger partial charge in [0.05, 0.1) is 5.69 Å². The smallest absolute Gasteiger partial charge is 0.320 e. The molecule has 3 heterocycles. The van der Waals surface area contributed by atoms with E-state index in [-0.39, 0.29) is 17.4 Å². The molecule has 0 saturated carbocycles.